The second-order valence-corrected chi connectivity index (χ2v) is 9.43. The highest BCUT2D eigenvalue weighted by atomic mass is 32.2. The summed E-state index contributed by atoms with van der Waals surface area (Å²) >= 11 is 1.49. The molecule has 0 bridgehead atoms. The third-order valence-corrected chi connectivity index (χ3v) is 7.14. The van der Waals surface area contributed by atoms with E-state index in [1.807, 2.05) is 36.6 Å². The van der Waals surface area contributed by atoms with E-state index < -0.39 is 9.84 Å². The minimum absolute atomic E-state index is 0.0593. The summed E-state index contributed by atoms with van der Waals surface area (Å²) in [5.74, 6) is 0.935. The molecular formula is C18H22N2O4S2. The fourth-order valence-electron chi connectivity index (χ4n) is 2.95. The van der Waals surface area contributed by atoms with Crippen molar-refractivity contribution in [2.75, 3.05) is 25.2 Å². The third-order valence-electron chi connectivity index (χ3n) is 4.45. The van der Waals surface area contributed by atoms with Gasteiger partial charge in [-0.05, 0) is 37.6 Å². The van der Waals surface area contributed by atoms with Crippen molar-refractivity contribution >= 4 is 27.1 Å². The van der Waals surface area contributed by atoms with E-state index in [2.05, 4.69) is 4.98 Å². The lowest BCUT2D eigenvalue weighted by Gasteiger charge is -2.23. The van der Waals surface area contributed by atoms with Crippen molar-refractivity contribution in [1.82, 2.24) is 9.88 Å². The molecule has 2 heterocycles. The van der Waals surface area contributed by atoms with Gasteiger partial charge in [0.25, 0.3) is 0 Å². The van der Waals surface area contributed by atoms with Gasteiger partial charge in [-0.1, -0.05) is 0 Å². The van der Waals surface area contributed by atoms with Crippen molar-refractivity contribution in [2.45, 2.75) is 25.8 Å². The second kappa shape index (κ2) is 7.75. The van der Waals surface area contributed by atoms with E-state index in [0.29, 0.717) is 18.7 Å². The monoisotopic (exact) mass is 394 g/mol. The van der Waals surface area contributed by atoms with Crippen LogP contribution in [0.1, 0.15) is 19.0 Å². The van der Waals surface area contributed by atoms with Gasteiger partial charge in [-0.25, -0.2) is 13.4 Å². The van der Waals surface area contributed by atoms with Gasteiger partial charge in [0.1, 0.15) is 10.8 Å². The number of aromatic nitrogens is 1. The molecule has 2 aromatic rings. The Balaban J connectivity index is 1.63. The lowest BCUT2D eigenvalue weighted by molar-refractivity contribution is -0.130. The number of benzene rings is 1. The van der Waals surface area contributed by atoms with Crippen LogP contribution in [0.15, 0.2) is 29.6 Å². The molecule has 1 fully saturated rings. The van der Waals surface area contributed by atoms with Crippen molar-refractivity contribution in [3.8, 4) is 16.3 Å². The molecule has 1 aromatic heterocycles. The molecule has 0 spiro atoms. The fourth-order valence-corrected chi connectivity index (χ4v) is 5.55. The molecule has 8 heteroatoms. The van der Waals surface area contributed by atoms with Crippen molar-refractivity contribution in [1.29, 1.82) is 0 Å². The largest absolute Gasteiger partial charge is 0.494 e. The Labute approximate surface area is 157 Å². The van der Waals surface area contributed by atoms with Gasteiger partial charge in [0.15, 0.2) is 9.84 Å². The first-order valence-electron chi connectivity index (χ1n) is 8.51. The number of hydrogen-bond donors (Lipinski definition) is 0. The Morgan fingerprint density at radius 1 is 1.35 bits per heavy atom. The van der Waals surface area contributed by atoms with Crippen LogP contribution in [0.5, 0.6) is 5.75 Å². The molecular weight excluding hydrogens is 372 g/mol. The first-order chi connectivity index (χ1) is 12.4. The summed E-state index contributed by atoms with van der Waals surface area (Å²) < 4.78 is 28.6. The zero-order valence-electron chi connectivity index (χ0n) is 14.8. The van der Waals surface area contributed by atoms with Crippen LogP contribution in [0.25, 0.3) is 10.6 Å². The van der Waals surface area contributed by atoms with Gasteiger partial charge in [0.05, 0.1) is 30.2 Å². The smallest absolute Gasteiger partial charge is 0.228 e. The average molecular weight is 395 g/mol. The maximum absolute atomic E-state index is 12.5. The number of sulfone groups is 1. The van der Waals surface area contributed by atoms with E-state index >= 15 is 0 Å². The summed E-state index contributed by atoms with van der Waals surface area (Å²) in [6.07, 6.45) is 0.694. The molecule has 1 unspecified atom stereocenters. The van der Waals surface area contributed by atoms with Crippen molar-refractivity contribution in [3.63, 3.8) is 0 Å². The summed E-state index contributed by atoms with van der Waals surface area (Å²) in [6.45, 7) is 2.56. The van der Waals surface area contributed by atoms with Gasteiger partial charge in [0.2, 0.25) is 5.91 Å². The van der Waals surface area contributed by atoms with Crippen LogP contribution in [0.2, 0.25) is 0 Å². The molecule has 3 rings (SSSR count). The molecule has 1 aliphatic rings. The Hall–Kier alpha value is -1.93. The highest BCUT2D eigenvalue weighted by Crippen LogP contribution is 2.26. The molecule has 0 radical (unpaired) electrons. The number of hydrogen-bond acceptors (Lipinski definition) is 6. The molecule has 1 atom stereocenters. The summed E-state index contributed by atoms with van der Waals surface area (Å²) in [6, 6.07) is 7.48. The molecule has 1 amide bonds. The van der Waals surface area contributed by atoms with Crippen LogP contribution in [0.3, 0.4) is 0 Å². The number of nitrogens with zero attached hydrogens (tertiary/aromatic N) is 2. The van der Waals surface area contributed by atoms with Crippen LogP contribution in [0, 0.1) is 0 Å². The summed E-state index contributed by atoms with van der Waals surface area (Å²) in [4.78, 5) is 18.6. The number of carbonyl (C=O) groups excluding carboxylic acids is 1. The highest BCUT2D eigenvalue weighted by Gasteiger charge is 2.32. The number of carbonyl (C=O) groups is 1. The van der Waals surface area contributed by atoms with Crippen LogP contribution in [-0.2, 0) is 21.1 Å². The molecule has 0 saturated carbocycles. The summed E-state index contributed by atoms with van der Waals surface area (Å²) in [7, 11) is -1.33. The number of likely N-dealkylation sites (N-methyl/N-ethyl adjacent to an activating group) is 1. The van der Waals surface area contributed by atoms with Gasteiger partial charge in [0, 0.05) is 24.0 Å². The molecule has 1 aromatic carbocycles. The van der Waals surface area contributed by atoms with E-state index in [1.54, 1.807) is 11.9 Å². The number of amides is 1. The topological polar surface area (TPSA) is 76.6 Å². The predicted molar refractivity (Wildman–Crippen MR) is 102 cm³/mol. The first-order valence-corrected chi connectivity index (χ1v) is 11.2. The third kappa shape index (κ3) is 4.42. The lowest BCUT2D eigenvalue weighted by atomic mass is 10.2. The van der Waals surface area contributed by atoms with Crippen molar-refractivity contribution in [2.24, 2.45) is 0 Å². The number of thiazole rings is 1. The molecule has 1 saturated heterocycles. The Morgan fingerprint density at radius 2 is 2.08 bits per heavy atom. The minimum Gasteiger partial charge on any atom is -0.494 e. The van der Waals surface area contributed by atoms with Crippen molar-refractivity contribution in [3.05, 3.63) is 35.3 Å². The van der Waals surface area contributed by atoms with Crippen LogP contribution in [-0.4, -0.2) is 55.4 Å². The van der Waals surface area contributed by atoms with E-state index in [-0.39, 0.29) is 29.9 Å². The predicted octanol–water partition coefficient (Wildman–Crippen LogP) is 2.40. The minimum atomic E-state index is -3.00. The molecule has 0 aliphatic carbocycles. The van der Waals surface area contributed by atoms with Gasteiger partial charge < -0.3 is 9.64 Å². The second-order valence-electron chi connectivity index (χ2n) is 6.34. The Morgan fingerprint density at radius 3 is 2.69 bits per heavy atom. The maximum atomic E-state index is 12.5. The zero-order chi connectivity index (χ0) is 18.7. The van der Waals surface area contributed by atoms with E-state index in [0.717, 1.165) is 16.3 Å². The Bertz CT molecular complexity index is 875. The lowest BCUT2D eigenvalue weighted by Crippen LogP contribution is -2.38. The average Bonchev–Trinajstić information content (AvgIpc) is 3.21. The van der Waals surface area contributed by atoms with Crippen LogP contribution in [0.4, 0.5) is 0 Å². The molecule has 6 nitrogen and oxygen atoms in total. The van der Waals surface area contributed by atoms with E-state index in [4.69, 9.17) is 4.74 Å². The summed E-state index contributed by atoms with van der Waals surface area (Å²) in [5.41, 5.74) is 1.68. The van der Waals surface area contributed by atoms with Gasteiger partial charge >= 0.3 is 0 Å². The molecule has 0 N–H and O–H groups in total. The SMILES string of the molecule is CCOc1ccc(-c2nc(CC(=O)N(C)C3CCS(=O)(=O)C3)cs2)cc1. The highest BCUT2D eigenvalue weighted by molar-refractivity contribution is 7.91. The fraction of sp³-hybridized carbons (Fsp3) is 0.444. The first kappa shape index (κ1) is 18.8. The maximum Gasteiger partial charge on any atom is 0.228 e. The zero-order valence-corrected chi connectivity index (χ0v) is 16.5. The quantitative estimate of drug-likeness (QED) is 0.752. The number of ether oxygens (including phenoxy) is 1. The van der Waals surface area contributed by atoms with Crippen molar-refractivity contribution < 1.29 is 17.9 Å². The van der Waals surface area contributed by atoms with Gasteiger partial charge in [-0.3, -0.25) is 4.79 Å². The van der Waals surface area contributed by atoms with Gasteiger partial charge in [-0.2, -0.15) is 0 Å². The standard InChI is InChI=1S/C18H22N2O4S2/c1-3-24-16-6-4-13(5-7-16)18-19-14(11-25-18)10-17(21)20(2)15-8-9-26(22,23)12-15/h4-7,11,15H,3,8-10,12H2,1-2H3. The summed E-state index contributed by atoms with van der Waals surface area (Å²) in [5, 5.41) is 2.73. The number of rotatable bonds is 6. The molecule has 140 valence electrons. The van der Waals surface area contributed by atoms with Gasteiger partial charge in [-0.15, -0.1) is 11.3 Å². The van der Waals surface area contributed by atoms with Crippen LogP contribution >= 0.6 is 11.3 Å². The van der Waals surface area contributed by atoms with Crippen LogP contribution < -0.4 is 4.74 Å². The molecule has 1 aliphatic heterocycles. The molecule has 26 heavy (non-hydrogen) atoms. The van der Waals surface area contributed by atoms with E-state index in [9.17, 15) is 13.2 Å². The Kier molecular flexibility index (Phi) is 5.62. The van der Waals surface area contributed by atoms with E-state index in [1.165, 1.54) is 11.3 Å². The normalized spacial score (nSPS) is 18.6.